The van der Waals surface area contributed by atoms with Crippen LogP contribution in [0.15, 0.2) is 94.8 Å². The van der Waals surface area contributed by atoms with E-state index in [1.807, 2.05) is 55.6 Å². The summed E-state index contributed by atoms with van der Waals surface area (Å²) in [6, 6.07) is 9.86. The molecule has 0 fully saturated rings. The molecule has 0 radical (unpaired) electrons. The average molecular weight is 556 g/mol. The molecule has 2 aromatic rings. The second-order valence-corrected chi connectivity index (χ2v) is 11.8. The zero-order valence-electron chi connectivity index (χ0n) is 24.8. The largest absolute Gasteiger partial charge is 0.371 e. The molecule has 1 spiro atoms. The summed E-state index contributed by atoms with van der Waals surface area (Å²) in [7, 11) is 0. The molecule has 7 nitrogen and oxygen atoms in total. The monoisotopic (exact) mass is 555 g/mol. The summed E-state index contributed by atoms with van der Waals surface area (Å²) < 4.78 is 21.2. The highest BCUT2D eigenvalue weighted by Gasteiger charge is 2.45. The van der Waals surface area contributed by atoms with Crippen molar-refractivity contribution in [3.63, 3.8) is 0 Å². The maximum Gasteiger partial charge on any atom is 0.209 e. The predicted octanol–water partition coefficient (Wildman–Crippen LogP) is 6.77. The van der Waals surface area contributed by atoms with Crippen molar-refractivity contribution in [2.24, 2.45) is 5.92 Å². The summed E-state index contributed by atoms with van der Waals surface area (Å²) in [6.07, 6.45) is 15.3. The molecule has 2 aliphatic heterocycles. The lowest BCUT2D eigenvalue weighted by atomic mass is 9.79. The van der Waals surface area contributed by atoms with E-state index < -0.39 is 5.79 Å². The van der Waals surface area contributed by atoms with E-state index in [4.69, 9.17) is 14.2 Å². The maximum atomic E-state index is 12.7. The van der Waals surface area contributed by atoms with Gasteiger partial charge in [-0.1, -0.05) is 52.3 Å². The molecule has 1 aliphatic carbocycles. The van der Waals surface area contributed by atoms with Crippen molar-refractivity contribution < 1.29 is 19.0 Å². The maximum absolute atomic E-state index is 12.7. The highest BCUT2D eigenvalue weighted by atomic mass is 16.7. The number of fused-ring (bicyclic) bond motifs is 1. The second kappa shape index (κ2) is 12.6. The lowest BCUT2D eigenvalue weighted by Gasteiger charge is -2.45. The van der Waals surface area contributed by atoms with Gasteiger partial charge in [0.05, 0.1) is 37.3 Å². The number of allylic oxidation sites excluding steroid dienone is 4. The molecule has 5 rings (SSSR count). The van der Waals surface area contributed by atoms with Gasteiger partial charge in [0.15, 0.2) is 5.78 Å². The standard InChI is InChI=1S/C34H41N3O4/c1-23(2)10-9-11-24(3)14-30-15-25(4)18-34(40-30)19-27(31-17-32(38)26(5)16-33(31)41-34)21-39-22-28-20-37(36-35-28)29-12-7-6-8-13-29/h6-8,10,12-14,16,18-20,30-31,33H,9,11,15,17,21-22H2,1-5H3/b24-14+/t30-,31-,33-,34+/m1/s1. The number of carbonyl (C=O) groups is 1. The molecule has 7 heteroatoms. The molecule has 0 saturated carbocycles. The number of carbonyl (C=O) groups excluding carboxylic acids is 1. The third-order valence-corrected chi connectivity index (χ3v) is 7.79. The minimum atomic E-state index is -1.00. The van der Waals surface area contributed by atoms with Gasteiger partial charge in [0.2, 0.25) is 5.79 Å². The van der Waals surface area contributed by atoms with Gasteiger partial charge >= 0.3 is 0 Å². The highest BCUT2D eigenvalue weighted by molar-refractivity contribution is 5.96. The Kier molecular flexibility index (Phi) is 8.97. The second-order valence-electron chi connectivity index (χ2n) is 11.8. The zero-order chi connectivity index (χ0) is 29.0. The summed E-state index contributed by atoms with van der Waals surface area (Å²) in [4.78, 5) is 12.7. The van der Waals surface area contributed by atoms with Crippen LogP contribution in [0.1, 0.15) is 66.0 Å². The third-order valence-electron chi connectivity index (χ3n) is 7.79. The molecular weight excluding hydrogens is 514 g/mol. The van der Waals surface area contributed by atoms with Crippen LogP contribution in [0.5, 0.6) is 0 Å². The molecule has 0 amide bonds. The van der Waals surface area contributed by atoms with Gasteiger partial charge in [-0.2, -0.15) is 0 Å². The Morgan fingerprint density at radius 2 is 1.90 bits per heavy atom. The molecule has 41 heavy (non-hydrogen) atoms. The van der Waals surface area contributed by atoms with Crippen LogP contribution in [0.3, 0.4) is 0 Å². The minimum absolute atomic E-state index is 0.0872. The van der Waals surface area contributed by atoms with Gasteiger partial charge < -0.3 is 14.2 Å². The Balaban J connectivity index is 1.34. The Bertz CT molecular complexity index is 1410. The fourth-order valence-electron chi connectivity index (χ4n) is 5.75. The van der Waals surface area contributed by atoms with Crippen molar-refractivity contribution in [2.75, 3.05) is 6.61 Å². The quantitative estimate of drug-likeness (QED) is 0.318. The number of Topliss-reactive ketones (excluding diaryl/α,β-unsaturated/α-hetero) is 1. The molecule has 216 valence electrons. The van der Waals surface area contributed by atoms with Crippen LogP contribution in [0.25, 0.3) is 5.69 Å². The summed E-state index contributed by atoms with van der Waals surface area (Å²) in [5.41, 5.74) is 7.30. The number of hydrogen-bond donors (Lipinski definition) is 0. The number of benzene rings is 1. The predicted molar refractivity (Wildman–Crippen MR) is 159 cm³/mol. The molecule has 0 N–H and O–H groups in total. The fraction of sp³-hybridized carbons (Fsp3) is 0.441. The minimum Gasteiger partial charge on any atom is -0.371 e. The molecule has 1 aromatic carbocycles. The summed E-state index contributed by atoms with van der Waals surface area (Å²) in [5, 5.41) is 8.51. The van der Waals surface area contributed by atoms with E-state index in [0.717, 1.165) is 41.8 Å². The molecule has 0 unspecified atom stereocenters. The Morgan fingerprint density at radius 1 is 1.10 bits per heavy atom. The number of aromatic nitrogens is 3. The third kappa shape index (κ3) is 7.28. The van der Waals surface area contributed by atoms with Crippen LogP contribution in [0.4, 0.5) is 0 Å². The van der Waals surface area contributed by atoms with Gasteiger partial charge in [-0.05, 0) is 95.4 Å². The van der Waals surface area contributed by atoms with Crippen LogP contribution in [-0.2, 0) is 25.6 Å². The Morgan fingerprint density at radius 3 is 2.68 bits per heavy atom. The number of para-hydroxylation sites is 1. The van der Waals surface area contributed by atoms with E-state index in [2.05, 4.69) is 56.2 Å². The van der Waals surface area contributed by atoms with Crippen LogP contribution >= 0.6 is 0 Å². The first-order valence-corrected chi connectivity index (χ1v) is 14.5. The first-order valence-electron chi connectivity index (χ1n) is 14.5. The SMILES string of the molecule is CC(C)=CCC/C(C)=C/[C@@H]1CC(C)=C[C@]2(C=C(COCc3cn(-c4ccccc4)nn3)[C@H]3CC(=O)C(C)=C[C@H]3O2)O1. The van der Waals surface area contributed by atoms with Crippen molar-refractivity contribution >= 4 is 5.78 Å². The molecular formula is C34H41N3O4. The summed E-state index contributed by atoms with van der Waals surface area (Å²) >= 11 is 0. The van der Waals surface area contributed by atoms with Crippen LogP contribution < -0.4 is 0 Å². The number of hydrogen-bond acceptors (Lipinski definition) is 6. The van der Waals surface area contributed by atoms with Crippen molar-refractivity contribution in [1.82, 2.24) is 15.0 Å². The average Bonchev–Trinajstić information content (AvgIpc) is 3.38. The number of rotatable bonds is 9. The van der Waals surface area contributed by atoms with Gasteiger partial charge in [0.25, 0.3) is 0 Å². The number of ketones is 1. The van der Waals surface area contributed by atoms with Gasteiger partial charge in [0.1, 0.15) is 5.69 Å². The molecule has 3 aliphatic rings. The first-order chi connectivity index (χ1) is 19.7. The normalized spacial score (nSPS) is 26.3. The van der Waals surface area contributed by atoms with Crippen molar-refractivity contribution in [2.45, 2.75) is 84.9 Å². The topological polar surface area (TPSA) is 75.5 Å². The van der Waals surface area contributed by atoms with Crippen LogP contribution in [0.2, 0.25) is 0 Å². The summed E-state index contributed by atoms with van der Waals surface area (Å²) in [6.45, 7) is 11.1. The Hall–Kier alpha value is -3.39. The van der Waals surface area contributed by atoms with Gasteiger partial charge in [-0.3, -0.25) is 4.79 Å². The Labute approximate surface area is 243 Å². The smallest absolute Gasteiger partial charge is 0.209 e. The molecule has 1 aromatic heterocycles. The van der Waals surface area contributed by atoms with E-state index >= 15 is 0 Å². The molecule has 0 bridgehead atoms. The van der Waals surface area contributed by atoms with Gasteiger partial charge in [0, 0.05) is 12.3 Å². The van der Waals surface area contributed by atoms with Gasteiger partial charge in [-0.25, -0.2) is 4.68 Å². The number of nitrogens with zero attached hydrogens (tertiary/aromatic N) is 3. The molecule has 0 saturated heterocycles. The summed E-state index contributed by atoms with van der Waals surface area (Å²) in [5.74, 6) is -0.945. The highest BCUT2D eigenvalue weighted by Crippen LogP contribution is 2.42. The molecule has 3 heterocycles. The van der Waals surface area contributed by atoms with Crippen LogP contribution in [-0.4, -0.2) is 45.4 Å². The number of ether oxygens (including phenoxy) is 3. The van der Waals surface area contributed by atoms with E-state index in [1.54, 1.807) is 4.68 Å². The van der Waals surface area contributed by atoms with Crippen molar-refractivity contribution in [3.05, 3.63) is 100 Å². The lowest BCUT2D eigenvalue weighted by molar-refractivity contribution is -0.225. The van der Waals surface area contributed by atoms with E-state index in [9.17, 15) is 4.79 Å². The van der Waals surface area contributed by atoms with Gasteiger partial charge in [-0.15, -0.1) is 5.10 Å². The zero-order valence-corrected chi connectivity index (χ0v) is 24.8. The fourth-order valence-corrected chi connectivity index (χ4v) is 5.75. The first kappa shape index (κ1) is 29.1. The molecule has 4 atom stereocenters. The lowest BCUT2D eigenvalue weighted by Crippen LogP contribution is -2.49. The van der Waals surface area contributed by atoms with Crippen molar-refractivity contribution in [1.29, 1.82) is 0 Å². The van der Waals surface area contributed by atoms with E-state index in [-0.39, 0.29) is 23.9 Å². The van der Waals surface area contributed by atoms with Crippen LogP contribution in [0, 0.1) is 5.92 Å². The van der Waals surface area contributed by atoms with E-state index in [0.29, 0.717) is 19.6 Å². The van der Waals surface area contributed by atoms with Crippen molar-refractivity contribution in [3.8, 4) is 5.69 Å². The van der Waals surface area contributed by atoms with E-state index in [1.165, 1.54) is 16.7 Å².